The number of ether oxygens (including phenoxy) is 1. The molecule has 0 fully saturated rings. The number of tetrazole rings is 1. The zero-order valence-corrected chi connectivity index (χ0v) is 12.9. The summed E-state index contributed by atoms with van der Waals surface area (Å²) < 4.78 is 7.71. The van der Waals surface area contributed by atoms with Crippen molar-refractivity contribution in [2.24, 2.45) is 7.05 Å². The fraction of sp³-hybridized carbons (Fsp3) is 0.500. The van der Waals surface area contributed by atoms with Crippen molar-refractivity contribution in [2.75, 3.05) is 0 Å². The number of hydrogen-bond acceptors (Lipinski definition) is 6. The van der Waals surface area contributed by atoms with E-state index in [9.17, 15) is 4.79 Å². The van der Waals surface area contributed by atoms with E-state index in [0.29, 0.717) is 12.2 Å². The molecule has 0 spiro atoms. The lowest BCUT2D eigenvalue weighted by Gasteiger charge is -2.09. The van der Waals surface area contributed by atoms with Crippen LogP contribution in [0.5, 0.6) is 0 Å². The highest BCUT2D eigenvalue weighted by molar-refractivity contribution is 14.1. The van der Waals surface area contributed by atoms with Crippen molar-refractivity contribution in [3.05, 3.63) is 9.77 Å². The van der Waals surface area contributed by atoms with Gasteiger partial charge < -0.3 is 4.74 Å². The van der Waals surface area contributed by atoms with Gasteiger partial charge in [-0.1, -0.05) is 6.92 Å². The van der Waals surface area contributed by atoms with Crippen molar-refractivity contribution in [3.8, 4) is 11.5 Å². The van der Waals surface area contributed by atoms with Crippen LogP contribution in [0.4, 0.5) is 0 Å². The SMILES string of the molecule is CCC(=O)OC(C)n1nnc(-c2c(I)cnn2C)n1. The molecule has 0 aromatic carbocycles. The van der Waals surface area contributed by atoms with E-state index in [2.05, 4.69) is 43.1 Å². The lowest BCUT2D eigenvalue weighted by atomic mass is 10.4. The Bertz CT molecular complexity index is 573. The molecule has 0 aliphatic rings. The maximum atomic E-state index is 11.2. The maximum absolute atomic E-state index is 11.2. The first-order valence-electron chi connectivity index (χ1n) is 5.69. The Morgan fingerprint density at radius 1 is 1.58 bits per heavy atom. The molecule has 0 N–H and O–H groups in total. The molecule has 0 saturated heterocycles. The van der Waals surface area contributed by atoms with Crippen molar-refractivity contribution in [1.29, 1.82) is 0 Å². The van der Waals surface area contributed by atoms with Gasteiger partial charge in [-0.3, -0.25) is 9.48 Å². The monoisotopic (exact) mass is 376 g/mol. The summed E-state index contributed by atoms with van der Waals surface area (Å²) in [6, 6.07) is 0. The van der Waals surface area contributed by atoms with Gasteiger partial charge in [-0.2, -0.15) is 5.10 Å². The Morgan fingerprint density at radius 2 is 2.32 bits per heavy atom. The van der Waals surface area contributed by atoms with Crippen LogP contribution in [0, 0.1) is 3.57 Å². The molecule has 2 aromatic heterocycles. The number of nitrogens with zero attached hydrogens (tertiary/aromatic N) is 6. The van der Waals surface area contributed by atoms with Crippen LogP contribution in [0.3, 0.4) is 0 Å². The van der Waals surface area contributed by atoms with Gasteiger partial charge in [0.15, 0.2) is 0 Å². The van der Waals surface area contributed by atoms with Crippen molar-refractivity contribution in [1.82, 2.24) is 30.0 Å². The van der Waals surface area contributed by atoms with Crippen molar-refractivity contribution in [3.63, 3.8) is 0 Å². The lowest BCUT2D eigenvalue weighted by Crippen LogP contribution is -2.16. The van der Waals surface area contributed by atoms with Crippen LogP contribution in [0.15, 0.2) is 6.20 Å². The van der Waals surface area contributed by atoms with E-state index in [-0.39, 0.29) is 5.97 Å². The molecule has 2 aromatic rings. The summed E-state index contributed by atoms with van der Waals surface area (Å²) in [5.41, 5.74) is 0.779. The average molecular weight is 376 g/mol. The summed E-state index contributed by atoms with van der Waals surface area (Å²) in [6.45, 7) is 3.42. The molecule has 19 heavy (non-hydrogen) atoms. The average Bonchev–Trinajstić information content (AvgIpc) is 2.96. The molecule has 0 aliphatic heterocycles. The maximum Gasteiger partial charge on any atom is 0.307 e. The minimum atomic E-state index is -0.584. The summed E-state index contributed by atoms with van der Waals surface area (Å²) in [5.74, 6) is 0.144. The Balaban J connectivity index is 2.22. The van der Waals surface area contributed by atoms with Gasteiger partial charge in [0, 0.05) is 13.5 Å². The Morgan fingerprint density at radius 3 is 2.89 bits per heavy atom. The highest BCUT2D eigenvalue weighted by Gasteiger charge is 2.18. The number of carbonyl (C=O) groups excluding carboxylic acids is 1. The Hall–Kier alpha value is -1.52. The first-order valence-corrected chi connectivity index (χ1v) is 6.77. The van der Waals surface area contributed by atoms with Crippen LogP contribution in [0.2, 0.25) is 0 Å². The molecular weight excluding hydrogens is 363 g/mol. The second-order valence-corrected chi connectivity index (χ2v) is 5.00. The number of aryl methyl sites for hydroxylation is 1. The summed E-state index contributed by atoms with van der Waals surface area (Å²) in [5, 5.41) is 16.2. The number of halogens is 1. The standard InChI is InChI=1S/C10H13IN6O2/c1-4-8(18)19-6(2)17-14-10(13-15-17)9-7(11)5-12-16(9)3/h5-6H,4H2,1-3H3. The molecular formula is C10H13IN6O2. The van der Waals surface area contributed by atoms with Gasteiger partial charge in [-0.15, -0.1) is 15.0 Å². The summed E-state index contributed by atoms with van der Waals surface area (Å²) >= 11 is 2.15. The van der Waals surface area contributed by atoms with E-state index in [0.717, 1.165) is 9.26 Å². The van der Waals surface area contributed by atoms with Crippen LogP contribution in [-0.2, 0) is 16.6 Å². The van der Waals surface area contributed by atoms with E-state index in [1.165, 1.54) is 4.80 Å². The molecule has 0 aliphatic carbocycles. The van der Waals surface area contributed by atoms with Crippen molar-refractivity contribution in [2.45, 2.75) is 26.5 Å². The number of esters is 1. The summed E-state index contributed by atoms with van der Waals surface area (Å²) in [6.07, 6.45) is 1.45. The Labute approximate surface area is 123 Å². The van der Waals surface area contributed by atoms with Gasteiger partial charge in [0.2, 0.25) is 12.1 Å². The lowest BCUT2D eigenvalue weighted by molar-refractivity contribution is -0.153. The molecule has 0 radical (unpaired) electrons. The molecule has 102 valence electrons. The first kappa shape index (κ1) is 13.9. The first-order chi connectivity index (χ1) is 9.02. The zero-order valence-electron chi connectivity index (χ0n) is 10.7. The molecule has 0 bridgehead atoms. The van der Waals surface area contributed by atoms with Crippen LogP contribution >= 0.6 is 22.6 Å². The summed E-state index contributed by atoms with van der Waals surface area (Å²) in [4.78, 5) is 12.5. The van der Waals surface area contributed by atoms with Gasteiger partial charge >= 0.3 is 5.97 Å². The molecule has 2 heterocycles. The number of carbonyl (C=O) groups is 1. The minimum absolute atomic E-state index is 0.304. The largest absolute Gasteiger partial charge is 0.438 e. The van der Waals surface area contributed by atoms with Gasteiger partial charge in [-0.05, 0) is 34.7 Å². The van der Waals surface area contributed by atoms with Gasteiger partial charge in [0.25, 0.3) is 0 Å². The normalized spacial score (nSPS) is 12.4. The smallest absolute Gasteiger partial charge is 0.307 e. The molecule has 2 rings (SSSR count). The summed E-state index contributed by atoms with van der Waals surface area (Å²) in [7, 11) is 1.80. The third kappa shape index (κ3) is 2.91. The third-order valence-electron chi connectivity index (χ3n) is 2.45. The van der Waals surface area contributed by atoms with E-state index >= 15 is 0 Å². The molecule has 9 heteroatoms. The Kier molecular flexibility index (Phi) is 4.12. The molecule has 1 unspecified atom stereocenters. The number of aromatic nitrogens is 6. The van der Waals surface area contributed by atoms with Gasteiger partial charge in [0.1, 0.15) is 5.69 Å². The van der Waals surface area contributed by atoms with Crippen molar-refractivity contribution >= 4 is 28.6 Å². The topological polar surface area (TPSA) is 87.7 Å². The van der Waals surface area contributed by atoms with Gasteiger partial charge in [0.05, 0.1) is 9.77 Å². The third-order valence-corrected chi connectivity index (χ3v) is 3.24. The van der Waals surface area contributed by atoms with Crippen LogP contribution in [-0.4, -0.2) is 36.0 Å². The van der Waals surface area contributed by atoms with E-state index in [4.69, 9.17) is 4.74 Å². The molecule has 0 amide bonds. The number of hydrogen-bond donors (Lipinski definition) is 0. The van der Waals surface area contributed by atoms with Crippen LogP contribution in [0.1, 0.15) is 26.5 Å². The fourth-order valence-electron chi connectivity index (χ4n) is 1.46. The quantitative estimate of drug-likeness (QED) is 0.588. The highest BCUT2D eigenvalue weighted by Crippen LogP contribution is 2.20. The fourth-order valence-corrected chi connectivity index (χ4v) is 2.17. The van der Waals surface area contributed by atoms with E-state index in [1.807, 2.05) is 0 Å². The predicted octanol–water partition coefficient (Wildman–Crippen LogP) is 1.15. The molecule has 1 atom stereocenters. The predicted molar refractivity (Wildman–Crippen MR) is 73.8 cm³/mol. The second kappa shape index (κ2) is 5.63. The van der Waals surface area contributed by atoms with Gasteiger partial charge in [-0.25, -0.2) is 0 Å². The molecule has 8 nitrogen and oxygen atoms in total. The second-order valence-electron chi connectivity index (χ2n) is 3.84. The highest BCUT2D eigenvalue weighted by atomic mass is 127. The van der Waals surface area contributed by atoms with Crippen molar-refractivity contribution < 1.29 is 9.53 Å². The molecule has 0 saturated carbocycles. The van der Waals surface area contributed by atoms with E-state index < -0.39 is 6.23 Å². The van der Waals surface area contributed by atoms with Crippen LogP contribution in [0.25, 0.3) is 11.5 Å². The number of rotatable bonds is 4. The zero-order chi connectivity index (χ0) is 14.0. The van der Waals surface area contributed by atoms with Crippen LogP contribution < -0.4 is 0 Å². The minimum Gasteiger partial charge on any atom is -0.438 e. The van der Waals surface area contributed by atoms with E-state index in [1.54, 1.807) is 31.8 Å².